The fraction of sp³-hybridized carbons (Fsp3) is 0.333. The van der Waals surface area contributed by atoms with Crippen LogP contribution in [0.2, 0.25) is 5.02 Å². The van der Waals surface area contributed by atoms with E-state index in [0.29, 0.717) is 15.2 Å². The van der Waals surface area contributed by atoms with Crippen molar-refractivity contribution in [1.29, 1.82) is 0 Å². The van der Waals surface area contributed by atoms with Crippen LogP contribution in [0.3, 0.4) is 0 Å². The van der Waals surface area contributed by atoms with E-state index in [0.717, 1.165) is 0 Å². The zero-order chi connectivity index (χ0) is 14.6. The van der Waals surface area contributed by atoms with Crippen LogP contribution in [0.4, 0.5) is 10.5 Å². The second-order valence-electron chi connectivity index (χ2n) is 4.14. The van der Waals surface area contributed by atoms with Crippen LogP contribution in [-0.4, -0.2) is 23.1 Å². The summed E-state index contributed by atoms with van der Waals surface area (Å²) in [6.07, 6.45) is 0. The molecule has 0 heterocycles. The first kappa shape index (κ1) is 15.8. The third kappa shape index (κ3) is 4.72. The van der Waals surface area contributed by atoms with Crippen LogP contribution in [0.1, 0.15) is 13.8 Å². The van der Waals surface area contributed by atoms with E-state index in [2.05, 4.69) is 26.6 Å². The molecular formula is C12H14BrClN2O3. The number of anilines is 1. The fourth-order valence-corrected chi connectivity index (χ4v) is 1.78. The summed E-state index contributed by atoms with van der Waals surface area (Å²) in [5.74, 6) is -1.62. The van der Waals surface area contributed by atoms with Gasteiger partial charge in [0.05, 0.1) is 10.9 Å². The first-order valence-electron chi connectivity index (χ1n) is 5.56. The van der Waals surface area contributed by atoms with Crippen molar-refractivity contribution in [2.24, 2.45) is 5.92 Å². The molecule has 0 saturated carbocycles. The minimum Gasteiger partial charge on any atom is -0.481 e. The predicted octanol–water partition coefficient (Wildman–Crippen LogP) is 3.33. The maximum atomic E-state index is 11.7. The van der Waals surface area contributed by atoms with Crippen LogP contribution < -0.4 is 10.6 Å². The summed E-state index contributed by atoms with van der Waals surface area (Å²) in [4.78, 5) is 22.5. The molecule has 1 aromatic rings. The molecule has 1 aromatic carbocycles. The number of carbonyl (C=O) groups is 2. The number of carbonyl (C=O) groups excluding carboxylic acids is 1. The van der Waals surface area contributed by atoms with Gasteiger partial charge in [-0.3, -0.25) is 4.79 Å². The number of hydrogen-bond donors (Lipinski definition) is 3. The Morgan fingerprint density at radius 1 is 1.37 bits per heavy atom. The Hall–Kier alpha value is -1.27. The second-order valence-corrected chi connectivity index (χ2v) is 5.40. The molecule has 0 spiro atoms. The van der Waals surface area contributed by atoms with E-state index in [1.807, 2.05) is 0 Å². The summed E-state index contributed by atoms with van der Waals surface area (Å²) in [6, 6.07) is 4.01. The standard InChI is InChI=1S/C12H14BrClN2O3/c1-6(11(17)18)7(2)15-12(19)16-8-3-4-10(14)9(13)5-8/h3-7H,1-2H3,(H,17,18)(H2,15,16,19). The van der Waals surface area contributed by atoms with E-state index in [1.54, 1.807) is 25.1 Å². The number of amides is 2. The topological polar surface area (TPSA) is 78.4 Å². The highest BCUT2D eigenvalue weighted by atomic mass is 79.9. The van der Waals surface area contributed by atoms with Gasteiger partial charge in [0, 0.05) is 16.2 Å². The lowest BCUT2D eigenvalue weighted by Crippen LogP contribution is -2.42. The summed E-state index contributed by atoms with van der Waals surface area (Å²) < 4.78 is 0.666. The first-order chi connectivity index (χ1) is 8.81. The maximum absolute atomic E-state index is 11.7. The lowest BCUT2D eigenvalue weighted by molar-refractivity contribution is -0.141. The summed E-state index contributed by atoms with van der Waals surface area (Å²) in [6.45, 7) is 3.17. The summed E-state index contributed by atoms with van der Waals surface area (Å²) >= 11 is 9.09. The number of rotatable bonds is 4. The van der Waals surface area contributed by atoms with Crippen molar-refractivity contribution in [2.75, 3.05) is 5.32 Å². The van der Waals surface area contributed by atoms with Gasteiger partial charge >= 0.3 is 12.0 Å². The van der Waals surface area contributed by atoms with Gasteiger partial charge in [0.25, 0.3) is 0 Å². The number of hydrogen-bond acceptors (Lipinski definition) is 2. The van der Waals surface area contributed by atoms with Gasteiger partial charge in [-0.1, -0.05) is 11.6 Å². The zero-order valence-electron chi connectivity index (χ0n) is 10.4. The van der Waals surface area contributed by atoms with Crippen LogP contribution in [0.25, 0.3) is 0 Å². The first-order valence-corrected chi connectivity index (χ1v) is 6.73. The van der Waals surface area contributed by atoms with Gasteiger partial charge in [-0.15, -0.1) is 0 Å². The highest BCUT2D eigenvalue weighted by molar-refractivity contribution is 9.10. The van der Waals surface area contributed by atoms with Gasteiger partial charge in [0.15, 0.2) is 0 Å². The van der Waals surface area contributed by atoms with E-state index in [9.17, 15) is 9.59 Å². The van der Waals surface area contributed by atoms with Crippen molar-refractivity contribution in [2.45, 2.75) is 19.9 Å². The third-order valence-corrected chi connectivity index (χ3v) is 3.89. The normalized spacial score (nSPS) is 13.5. The lowest BCUT2D eigenvalue weighted by atomic mass is 10.0. The molecule has 5 nitrogen and oxygen atoms in total. The Bertz CT molecular complexity index is 496. The quantitative estimate of drug-likeness (QED) is 0.780. The molecule has 7 heteroatoms. The molecule has 0 aliphatic rings. The number of urea groups is 1. The van der Waals surface area contributed by atoms with Crippen molar-refractivity contribution < 1.29 is 14.7 Å². The summed E-state index contributed by atoms with van der Waals surface area (Å²) in [5, 5.41) is 14.5. The molecule has 3 N–H and O–H groups in total. The molecule has 2 atom stereocenters. The van der Waals surface area contributed by atoms with Gasteiger partial charge in [-0.2, -0.15) is 0 Å². The molecule has 19 heavy (non-hydrogen) atoms. The van der Waals surface area contributed by atoms with Crippen molar-refractivity contribution in [3.63, 3.8) is 0 Å². The average molecular weight is 350 g/mol. The van der Waals surface area contributed by atoms with Gasteiger partial charge < -0.3 is 15.7 Å². The van der Waals surface area contributed by atoms with E-state index in [-0.39, 0.29) is 0 Å². The smallest absolute Gasteiger partial charge is 0.319 e. The molecule has 0 aliphatic carbocycles. The minimum absolute atomic E-state index is 0.463. The molecule has 0 aromatic heterocycles. The maximum Gasteiger partial charge on any atom is 0.319 e. The number of aliphatic carboxylic acids is 1. The van der Waals surface area contributed by atoms with Gasteiger partial charge in [-0.05, 0) is 48.0 Å². The van der Waals surface area contributed by atoms with E-state index in [4.69, 9.17) is 16.7 Å². The Balaban J connectivity index is 2.60. The number of halogens is 2. The molecule has 0 fully saturated rings. The third-order valence-electron chi connectivity index (χ3n) is 2.68. The fourth-order valence-electron chi connectivity index (χ4n) is 1.29. The molecule has 0 radical (unpaired) electrons. The Kier molecular flexibility index (Phi) is 5.62. The largest absolute Gasteiger partial charge is 0.481 e. The molecular weight excluding hydrogens is 336 g/mol. The Morgan fingerprint density at radius 3 is 2.53 bits per heavy atom. The van der Waals surface area contributed by atoms with Crippen molar-refractivity contribution >= 4 is 45.2 Å². The monoisotopic (exact) mass is 348 g/mol. The van der Waals surface area contributed by atoms with Gasteiger partial charge in [-0.25, -0.2) is 4.79 Å². The molecule has 1 rings (SSSR count). The van der Waals surface area contributed by atoms with E-state index in [1.165, 1.54) is 6.92 Å². The predicted molar refractivity (Wildman–Crippen MR) is 77.6 cm³/mol. The number of carboxylic acids is 1. The van der Waals surface area contributed by atoms with Gasteiger partial charge in [0.2, 0.25) is 0 Å². The van der Waals surface area contributed by atoms with Crippen LogP contribution in [-0.2, 0) is 4.79 Å². The summed E-state index contributed by atoms with van der Waals surface area (Å²) in [5.41, 5.74) is 0.559. The molecule has 0 saturated heterocycles. The Labute approximate surface area is 124 Å². The molecule has 2 amide bonds. The van der Waals surface area contributed by atoms with Gasteiger partial charge in [0.1, 0.15) is 0 Å². The van der Waals surface area contributed by atoms with Crippen molar-refractivity contribution in [3.8, 4) is 0 Å². The molecule has 2 unspecified atom stereocenters. The van der Waals surface area contributed by atoms with Crippen LogP contribution in [0.5, 0.6) is 0 Å². The van der Waals surface area contributed by atoms with E-state index < -0.39 is 24.0 Å². The molecule has 0 bridgehead atoms. The highest BCUT2D eigenvalue weighted by Crippen LogP contribution is 2.25. The van der Waals surface area contributed by atoms with Crippen LogP contribution in [0, 0.1) is 5.92 Å². The summed E-state index contributed by atoms with van der Waals surface area (Å²) in [7, 11) is 0. The lowest BCUT2D eigenvalue weighted by Gasteiger charge is -2.18. The average Bonchev–Trinajstić information content (AvgIpc) is 2.32. The number of benzene rings is 1. The van der Waals surface area contributed by atoms with E-state index >= 15 is 0 Å². The minimum atomic E-state index is -0.956. The van der Waals surface area contributed by atoms with Crippen LogP contribution >= 0.6 is 27.5 Å². The second kappa shape index (κ2) is 6.77. The number of carboxylic acid groups (broad SMARTS) is 1. The zero-order valence-corrected chi connectivity index (χ0v) is 12.7. The molecule has 0 aliphatic heterocycles. The van der Waals surface area contributed by atoms with Crippen LogP contribution in [0.15, 0.2) is 22.7 Å². The SMILES string of the molecule is CC(NC(=O)Nc1ccc(Cl)c(Br)c1)C(C)C(=O)O. The van der Waals surface area contributed by atoms with Crippen molar-refractivity contribution in [3.05, 3.63) is 27.7 Å². The number of nitrogens with one attached hydrogen (secondary N) is 2. The van der Waals surface area contributed by atoms with Crippen molar-refractivity contribution in [1.82, 2.24) is 5.32 Å². The Morgan fingerprint density at radius 2 is 2.00 bits per heavy atom. The molecule has 104 valence electrons. The highest BCUT2D eigenvalue weighted by Gasteiger charge is 2.20.